The fourth-order valence-corrected chi connectivity index (χ4v) is 1.42. The molecule has 0 fully saturated rings. The number of anilines is 2. The third-order valence-corrected chi connectivity index (χ3v) is 2.01. The smallest absolute Gasteiger partial charge is 0.149 e. The Labute approximate surface area is 102 Å². The lowest BCUT2D eigenvalue weighted by molar-refractivity contribution is -0.115. The van der Waals surface area contributed by atoms with Crippen molar-refractivity contribution in [1.82, 2.24) is 9.97 Å². The number of nitrogens with one attached hydrogen (secondary N) is 1. The summed E-state index contributed by atoms with van der Waals surface area (Å²) in [6, 6.07) is 1.84. The van der Waals surface area contributed by atoms with Crippen LogP contribution >= 0.6 is 0 Å². The van der Waals surface area contributed by atoms with Crippen molar-refractivity contribution in [1.29, 1.82) is 0 Å². The number of carbonyl (C=O) groups is 1. The van der Waals surface area contributed by atoms with Gasteiger partial charge in [-0.3, -0.25) is 4.79 Å². The highest BCUT2D eigenvalue weighted by Crippen LogP contribution is 2.16. The number of aromatic nitrogens is 2. The maximum Gasteiger partial charge on any atom is 0.149 e. The second-order valence-electron chi connectivity index (χ2n) is 5.19. The van der Waals surface area contributed by atoms with E-state index in [-0.39, 0.29) is 11.3 Å². The molecule has 1 N–H and O–H groups in total. The molecule has 1 aromatic heterocycles. The molecule has 0 atom stereocenters. The minimum atomic E-state index is -0.0508. The van der Waals surface area contributed by atoms with E-state index in [9.17, 15) is 4.79 Å². The molecule has 0 radical (unpaired) electrons. The Morgan fingerprint density at radius 1 is 1.41 bits per heavy atom. The van der Waals surface area contributed by atoms with Crippen LogP contribution in [0.1, 0.15) is 27.7 Å². The van der Waals surface area contributed by atoms with Gasteiger partial charge in [-0.25, -0.2) is 9.97 Å². The molecule has 0 amide bonds. The third-order valence-electron chi connectivity index (χ3n) is 2.01. The highest BCUT2D eigenvalue weighted by atomic mass is 16.1. The molecule has 0 aliphatic carbocycles. The number of nitrogens with zero attached hydrogens (tertiary/aromatic N) is 3. The largest absolute Gasteiger partial charge is 0.365 e. The standard InChI is InChI=1S/C12H20N4O/c1-9(17)7-16(5)11-6-10(13-8-14-11)15-12(2,3)4/h6,8H,7H2,1-5H3,(H,13,14,15). The van der Waals surface area contributed by atoms with E-state index >= 15 is 0 Å². The van der Waals surface area contributed by atoms with Gasteiger partial charge in [0.2, 0.25) is 0 Å². The van der Waals surface area contributed by atoms with Crippen LogP contribution < -0.4 is 10.2 Å². The van der Waals surface area contributed by atoms with Crippen LogP contribution in [0, 0.1) is 0 Å². The van der Waals surface area contributed by atoms with Crippen LogP contribution in [0.3, 0.4) is 0 Å². The minimum absolute atomic E-state index is 0.0508. The molecule has 94 valence electrons. The van der Waals surface area contributed by atoms with Gasteiger partial charge in [-0.1, -0.05) is 0 Å². The van der Waals surface area contributed by atoms with E-state index in [1.54, 1.807) is 11.8 Å². The summed E-state index contributed by atoms with van der Waals surface area (Å²) in [4.78, 5) is 21.1. The zero-order valence-electron chi connectivity index (χ0n) is 11.1. The first kappa shape index (κ1) is 13.4. The van der Waals surface area contributed by atoms with E-state index in [0.29, 0.717) is 6.54 Å². The zero-order valence-corrected chi connectivity index (χ0v) is 11.1. The van der Waals surface area contributed by atoms with E-state index in [2.05, 4.69) is 36.1 Å². The quantitative estimate of drug-likeness (QED) is 0.862. The number of hydrogen-bond acceptors (Lipinski definition) is 5. The number of carbonyl (C=O) groups excluding carboxylic acids is 1. The zero-order chi connectivity index (χ0) is 13.1. The lowest BCUT2D eigenvalue weighted by Crippen LogP contribution is -2.28. The Hall–Kier alpha value is -1.65. The molecule has 0 aliphatic heterocycles. The Morgan fingerprint density at radius 2 is 2.06 bits per heavy atom. The van der Waals surface area contributed by atoms with Crippen molar-refractivity contribution in [2.75, 3.05) is 23.8 Å². The van der Waals surface area contributed by atoms with Crippen LogP contribution in [-0.2, 0) is 4.79 Å². The molecule has 0 saturated heterocycles. The number of Topliss-reactive ketones (excluding diaryl/α,β-unsaturated/α-hetero) is 1. The predicted octanol–water partition coefficient (Wildman–Crippen LogP) is 1.71. The minimum Gasteiger partial charge on any atom is -0.365 e. The molecule has 17 heavy (non-hydrogen) atoms. The summed E-state index contributed by atoms with van der Waals surface area (Å²) in [6.45, 7) is 8.11. The van der Waals surface area contributed by atoms with Crippen molar-refractivity contribution < 1.29 is 4.79 Å². The molecule has 1 rings (SSSR count). The van der Waals surface area contributed by atoms with Crippen molar-refractivity contribution in [3.63, 3.8) is 0 Å². The van der Waals surface area contributed by atoms with Gasteiger partial charge in [0.25, 0.3) is 0 Å². The van der Waals surface area contributed by atoms with Gasteiger partial charge in [0.05, 0.1) is 6.54 Å². The van der Waals surface area contributed by atoms with Gasteiger partial charge in [-0.05, 0) is 27.7 Å². The summed E-state index contributed by atoms with van der Waals surface area (Å²) in [6.07, 6.45) is 1.50. The highest BCUT2D eigenvalue weighted by Gasteiger charge is 2.12. The lowest BCUT2D eigenvalue weighted by atomic mass is 10.1. The summed E-state index contributed by atoms with van der Waals surface area (Å²) in [7, 11) is 1.84. The van der Waals surface area contributed by atoms with Crippen molar-refractivity contribution >= 4 is 17.4 Å². The van der Waals surface area contributed by atoms with Crippen molar-refractivity contribution in [2.24, 2.45) is 0 Å². The van der Waals surface area contributed by atoms with Crippen LogP contribution in [0.15, 0.2) is 12.4 Å². The molecule has 0 spiro atoms. The maximum atomic E-state index is 11.0. The Kier molecular flexibility index (Phi) is 4.04. The average Bonchev–Trinajstić information content (AvgIpc) is 2.14. The van der Waals surface area contributed by atoms with Crippen LogP contribution in [-0.4, -0.2) is 34.9 Å². The fraction of sp³-hybridized carbons (Fsp3) is 0.583. The molecule has 0 aromatic carbocycles. The van der Waals surface area contributed by atoms with Gasteiger partial charge < -0.3 is 10.2 Å². The second kappa shape index (κ2) is 5.12. The van der Waals surface area contributed by atoms with Crippen LogP contribution in [0.4, 0.5) is 11.6 Å². The van der Waals surface area contributed by atoms with Gasteiger partial charge in [-0.15, -0.1) is 0 Å². The van der Waals surface area contributed by atoms with Crippen LogP contribution in [0.5, 0.6) is 0 Å². The number of rotatable bonds is 4. The lowest BCUT2D eigenvalue weighted by Gasteiger charge is -2.22. The maximum absolute atomic E-state index is 11.0. The van der Waals surface area contributed by atoms with Gasteiger partial charge in [0, 0.05) is 18.7 Å². The number of hydrogen-bond donors (Lipinski definition) is 1. The molecule has 0 bridgehead atoms. The molecule has 0 unspecified atom stereocenters. The van der Waals surface area contributed by atoms with E-state index in [1.165, 1.54) is 6.33 Å². The van der Waals surface area contributed by atoms with Gasteiger partial charge >= 0.3 is 0 Å². The molecular weight excluding hydrogens is 216 g/mol. The molecule has 1 aromatic rings. The van der Waals surface area contributed by atoms with E-state index in [4.69, 9.17) is 0 Å². The SMILES string of the molecule is CC(=O)CN(C)c1cc(NC(C)(C)C)ncn1. The van der Waals surface area contributed by atoms with Crippen LogP contribution in [0.25, 0.3) is 0 Å². The van der Waals surface area contributed by atoms with Crippen molar-refractivity contribution in [2.45, 2.75) is 33.2 Å². The second-order valence-corrected chi connectivity index (χ2v) is 5.19. The average molecular weight is 236 g/mol. The molecule has 5 nitrogen and oxygen atoms in total. The Bertz CT molecular complexity index is 398. The molecular formula is C12H20N4O. The van der Waals surface area contributed by atoms with Crippen molar-refractivity contribution in [3.05, 3.63) is 12.4 Å². The Morgan fingerprint density at radius 3 is 2.59 bits per heavy atom. The van der Waals surface area contributed by atoms with E-state index in [1.807, 2.05) is 13.1 Å². The van der Waals surface area contributed by atoms with Crippen molar-refractivity contribution in [3.8, 4) is 0 Å². The first-order valence-electron chi connectivity index (χ1n) is 5.59. The highest BCUT2D eigenvalue weighted by molar-refractivity contribution is 5.80. The normalized spacial score (nSPS) is 11.1. The summed E-state index contributed by atoms with van der Waals surface area (Å²) < 4.78 is 0. The first-order valence-corrected chi connectivity index (χ1v) is 5.59. The van der Waals surface area contributed by atoms with Gasteiger partial charge in [0.15, 0.2) is 0 Å². The van der Waals surface area contributed by atoms with E-state index < -0.39 is 0 Å². The van der Waals surface area contributed by atoms with Gasteiger partial charge in [0.1, 0.15) is 23.7 Å². The number of likely N-dealkylation sites (N-methyl/N-ethyl adjacent to an activating group) is 1. The third kappa shape index (κ3) is 4.80. The summed E-state index contributed by atoms with van der Waals surface area (Å²) in [5, 5.41) is 3.27. The molecule has 0 saturated carbocycles. The fourth-order valence-electron chi connectivity index (χ4n) is 1.42. The summed E-state index contributed by atoms with van der Waals surface area (Å²) in [5.74, 6) is 1.61. The summed E-state index contributed by atoms with van der Waals surface area (Å²) >= 11 is 0. The predicted molar refractivity (Wildman–Crippen MR) is 69.4 cm³/mol. The first-order chi connectivity index (χ1) is 7.78. The topological polar surface area (TPSA) is 58.1 Å². The monoisotopic (exact) mass is 236 g/mol. The molecule has 5 heteroatoms. The molecule has 0 aliphatic rings. The van der Waals surface area contributed by atoms with E-state index in [0.717, 1.165) is 11.6 Å². The summed E-state index contributed by atoms with van der Waals surface area (Å²) in [5.41, 5.74) is -0.0508. The molecule has 1 heterocycles. The Balaban J connectivity index is 2.82. The van der Waals surface area contributed by atoms with Gasteiger partial charge in [-0.2, -0.15) is 0 Å². The van der Waals surface area contributed by atoms with Crippen LogP contribution in [0.2, 0.25) is 0 Å². The number of ketones is 1.